The van der Waals surface area contributed by atoms with Gasteiger partial charge in [-0.3, -0.25) is 34.1 Å². The van der Waals surface area contributed by atoms with Crippen LogP contribution in [0.3, 0.4) is 0 Å². The van der Waals surface area contributed by atoms with Gasteiger partial charge in [0.1, 0.15) is 17.9 Å². The van der Waals surface area contributed by atoms with Crippen LogP contribution in [0.2, 0.25) is 0 Å². The molecule has 4 heterocycles. The highest BCUT2D eigenvalue weighted by Crippen LogP contribution is 2.38. The molecule has 1 aromatic heterocycles. The fourth-order valence-corrected chi connectivity index (χ4v) is 8.51. The molecule has 61 heavy (non-hydrogen) atoms. The van der Waals surface area contributed by atoms with Crippen LogP contribution in [-0.4, -0.2) is 141 Å². The van der Waals surface area contributed by atoms with Crippen molar-refractivity contribution in [2.75, 3.05) is 72.1 Å². The molecule has 2 unspecified atom stereocenters. The maximum atomic E-state index is 14.8. The number of fused-ring (bicyclic) bond motifs is 3. The number of alkyl halides is 3. The summed E-state index contributed by atoms with van der Waals surface area (Å²) < 4.78 is 74.1. The Hall–Kier alpha value is -4.88. The molecule has 18 heteroatoms. The van der Waals surface area contributed by atoms with Crippen molar-refractivity contribution < 1.29 is 48.5 Å². The summed E-state index contributed by atoms with van der Waals surface area (Å²) in [6.45, 7) is 4.40. The molecular weight excluding hydrogens is 815 g/mol. The number of carbonyl (C=O) groups excluding carboxylic acids is 2. The average molecular weight is 865 g/mol. The molecule has 3 atom stereocenters. The van der Waals surface area contributed by atoms with Crippen LogP contribution in [-0.2, 0) is 34.7 Å². The van der Waals surface area contributed by atoms with Crippen LogP contribution in [0.25, 0.3) is 23.3 Å². The minimum Gasteiger partial charge on any atom is -0.558 e. The third kappa shape index (κ3) is 13.1. The number of hydrogen-bond donors (Lipinski definition) is 1. The van der Waals surface area contributed by atoms with E-state index in [1.54, 1.807) is 11.0 Å². The van der Waals surface area contributed by atoms with E-state index in [4.69, 9.17) is 12.3 Å². The van der Waals surface area contributed by atoms with Crippen LogP contribution < -0.4 is 4.74 Å². The van der Waals surface area contributed by atoms with Crippen LogP contribution >= 0.6 is 0 Å². The first kappa shape index (κ1) is 45.6. The van der Waals surface area contributed by atoms with E-state index in [0.29, 0.717) is 77.2 Å². The Bertz CT molecular complexity index is 2040. The lowest BCUT2D eigenvalue weighted by molar-refractivity contribution is -0.145. The third-order valence-electron chi connectivity index (χ3n) is 11.1. The Balaban J connectivity index is 1.17. The van der Waals surface area contributed by atoms with Gasteiger partial charge in [0, 0.05) is 63.1 Å². The minimum atomic E-state index is -4.76. The van der Waals surface area contributed by atoms with Gasteiger partial charge >= 0.3 is 27.4 Å². The number of aromatic nitrogens is 1. The first-order valence-corrected chi connectivity index (χ1v) is 21.9. The van der Waals surface area contributed by atoms with Crippen molar-refractivity contribution in [3.63, 3.8) is 0 Å². The molecule has 2 bridgehead atoms. The monoisotopic (exact) mass is 864 g/mol. The first-order valence-electron chi connectivity index (χ1n) is 20.5. The van der Waals surface area contributed by atoms with Gasteiger partial charge in [0.2, 0.25) is 0 Å². The Morgan fingerprint density at radius 1 is 0.934 bits per heavy atom. The van der Waals surface area contributed by atoms with Gasteiger partial charge in [-0.1, -0.05) is 42.8 Å². The molecule has 0 aliphatic carbocycles. The molecule has 0 spiro atoms. The predicted octanol–water partition coefficient (Wildman–Crippen LogP) is 5.77. The van der Waals surface area contributed by atoms with Gasteiger partial charge in [0.15, 0.2) is 0 Å². The number of benzene rings is 2. The van der Waals surface area contributed by atoms with Crippen LogP contribution in [0.5, 0.6) is 5.75 Å². The summed E-state index contributed by atoms with van der Waals surface area (Å²) in [5.74, 6) is -2.34. The van der Waals surface area contributed by atoms with Crippen LogP contribution in [0, 0.1) is 11.3 Å². The van der Waals surface area contributed by atoms with E-state index >= 15 is 0 Å². The average Bonchev–Trinajstić information content (AvgIpc) is 3.30. The zero-order valence-corrected chi connectivity index (χ0v) is 35.0. The van der Waals surface area contributed by atoms with Crippen molar-refractivity contribution in [2.24, 2.45) is 0 Å². The second-order valence-electron chi connectivity index (χ2n) is 15.4. The zero-order valence-electron chi connectivity index (χ0n) is 33.8. The number of rotatable bonds is 13. The maximum Gasteiger partial charge on any atom is 1.15 e. The normalized spacial score (nSPS) is 21.1. The molecule has 0 radical (unpaired) electrons. The number of nitriles is 1. The smallest absolute Gasteiger partial charge is 0.558 e. The highest BCUT2D eigenvalue weighted by molar-refractivity contribution is 6.41. The number of nitrogens with zero attached hydrogens (tertiary/aromatic N) is 6. The Labute approximate surface area is 357 Å². The van der Waals surface area contributed by atoms with Gasteiger partial charge in [-0.05, 0) is 80.6 Å². The number of carboxylic acids is 1. The van der Waals surface area contributed by atoms with Crippen molar-refractivity contribution in [3.8, 4) is 22.9 Å². The topological polar surface area (TPSA) is 149 Å². The molecule has 6 rings (SSSR count). The lowest BCUT2D eigenvalue weighted by atomic mass is 9.97. The van der Waals surface area contributed by atoms with Gasteiger partial charge in [-0.2, -0.15) is 18.4 Å². The number of ether oxygens (including phenoxy) is 1. The van der Waals surface area contributed by atoms with Crippen molar-refractivity contribution in [1.29, 1.82) is 5.26 Å². The Kier molecular flexibility index (Phi) is 16.3. The van der Waals surface area contributed by atoms with Gasteiger partial charge in [-0.15, -0.1) is 0 Å². The highest BCUT2D eigenvalue weighted by Gasteiger charge is 2.43. The Morgan fingerprint density at radius 3 is 2.28 bits per heavy atom. The van der Waals surface area contributed by atoms with Crippen molar-refractivity contribution >= 4 is 45.3 Å². The second kappa shape index (κ2) is 21.8. The van der Waals surface area contributed by atoms with Crippen molar-refractivity contribution in [2.45, 2.75) is 57.3 Å². The van der Waals surface area contributed by atoms with E-state index in [0.717, 1.165) is 30.9 Å². The standard InChI is InChI=1S/C43H51F3N6O7.Al.FH/c44-43(45,46)36-25-33(28-52-17-7-5-11-38(52)42(57)58)39(26-32(36)12-13-37-35(27-47)34(14-15-48-37)31-9-3-1-4-10-31)59-24-8-2-6-16-49-18-20-50(29-40(53)54)22-23-51(21-19-49)30-41(55)56;;/h1,3-4,9-10,12-15,25-26,38H,2,5-8,11,16-24,28-30H2,(H,53,54)(H,55,56)(H,57,58);;1H/q;+3;/p-3/b13-12+;;/t38-;;/m0../s1. The number of aliphatic carboxylic acids is 1. The molecule has 3 saturated heterocycles. The third-order valence-corrected chi connectivity index (χ3v) is 12.0. The van der Waals surface area contributed by atoms with Gasteiger partial charge in [0.25, 0.3) is 11.9 Å². The fourth-order valence-electron chi connectivity index (χ4n) is 7.90. The minimum absolute atomic E-state index is 0.0482. The molecule has 0 saturated carbocycles. The van der Waals surface area contributed by atoms with Gasteiger partial charge in [-0.25, -0.2) is 0 Å². The summed E-state index contributed by atoms with van der Waals surface area (Å²) in [6.07, 6.45) is 3.29. The summed E-state index contributed by atoms with van der Waals surface area (Å²) in [5, 5.41) is 20.0. The molecule has 3 aliphatic rings. The lowest BCUT2D eigenvalue weighted by Gasteiger charge is -2.33. The Morgan fingerprint density at radius 2 is 1.62 bits per heavy atom. The lowest BCUT2D eigenvalue weighted by Crippen LogP contribution is -2.44. The number of hydrogen-bond acceptors (Lipinski definition) is 12. The van der Waals surface area contributed by atoms with Gasteiger partial charge in [0.05, 0.1) is 36.5 Å². The van der Waals surface area contributed by atoms with E-state index in [2.05, 4.69) is 16.0 Å². The molecule has 1 N–H and O–H groups in total. The number of carbonyl (C=O) groups is 3. The van der Waals surface area contributed by atoms with Gasteiger partial charge < -0.3 is 25.8 Å². The number of carboxylic acid groups (broad SMARTS) is 1. The van der Waals surface area contributed by atoms with Crippen molar-refractivity contribution in [3.05, 3.63) is 82.7 Å². The molecule has 3 aliphatic heterocycles. The molecule has 2 aromatic carbocycles. The summed E-state index contributed by atoms with van der Waals surface area (Å²) >= 11 is -3.90. The first-order chi connectivity index (χ1) is 29.4. The van der Waals surface area contributed by atoms with E-state index in [1.165, 1.54) is 24.4 Å². The number of likely N-dealkylation sites (tertiary alicyclic amines) is 1. The zero-order chi connectivity index (χ0) is 43.4. The number of piperidine rings is 1. The summed E-state index contributed by atoms with van der Waals surface area (Å²) in [6, 6.07) is 14.5. The molecule has 0 amide bonds. The van der Waals surface area contributed by atoms with Crippen LogP contribution in [0.1, 0.15) is 66.5 Å². The van der Waals surface area contributed by atoms with E-state index in [9.17, 15) is 41.4 Å². The molecule has 3 aromatic rings. The largest absolute Gasteiger partial charge is 1.15 e. The highest BCUT2D eigenvalue weighted by atomic mass is 27.3. The maximum absolute atomic E-state index is 14.8. The number of unbranched alkanes of at least 4 members (excludes halogenated alkanes) is 2. The van der Waals surface area contributed by atoms with E-state index in [-0.39, 0.29) is 54.4 Å². The van der Waals surface area contributed by atoms with Crippen LogP contribution in [0.4, 0.5) is 16.7 Å². The quantitative estimate of drug-likeness (QED) is 0.126. The predicted molar refractivity (Wildman–Crippen MR) is 218 cm³/mol. The van der Waals surface area contributed by atoms with E-state index in [1.807, 2.05) is 40.1 Å². The summed E-state index contributed by atoms with van der Waals surface area (Å²) in [7, 11) is 0. The fraction of sp³-hybridized carbons (Fsp3) is 0.465. The SMILES string of the molecule is N#Cc1c(-c2ccccc2)ccnc1/C=C/c1cc(OCCCCCN2CCN3CCN(CC2)CC(=O)[O][Al]([F])[O]C(=O)C3)c(CN2CCCC[C@H]2C(=O)O)cc1C(F)(F)F. The van der Waals surface area contributed by atoms with E-state index < -0.39 is 51.0 Å². The molecule has 324 valence electrons. The summed E-state index contributed by atoms with van der Waals surface area (Å²) in [4.78, 5) is 48.7. The molecule has 3 fully saturated rings. The van der Waals surface area contributed by atoms with Crippen molar-refractivity contribution in [1.82, 2.24) is 24.6 Å². The number of pyridine rings is 1. The number of halogens is 4. The second-order valence-corrected chi connectivity index (χ2v) is 16.4. The van der Waals surface area contributed by atoms with Crippen LogP contribution in [0.15, 0.2) is 54.7 Å². The molecular formula is C43H49AlF4N6O7. The molecule has 13 nitrogen and oxygen atoms in total. The summed E-state index contributed by atoms with van der Waals surface area (Å²) in [5.41, 5.74) is 0.882.